The predicted octanol–water partition coefficient (Wildman–Crippen LogP) is 6.40. The van der Waals surface area contributed by atoms with Crippen molar-refractivity contribution in [1.82, 2.24) is 10.3 Å². The average Bonchev–Trinajstić information content (AvgIpc) is 3.24. The zero-order chi connectivity index (χ0) is 26.0. The van der Waals surface area contributed by atoms with E-state index < -0.39 is 0 Å². The third-order valence-corrected chi connectivity index (χ3v) is 9.10. The van der Waals surface area contributed by atoms with E-state index in [1.165, 1.54) is 41.4 Å². The maximum Gasteiger partial charge on any atom is 0.126 e. The highest BCUT2D eigenvalue weighted by atomic mass is 31.1. The van der Waals surface area contributed by atoms with Crippen molar-refractivity contribution in [2.45, 2.75) is 96.8 Å². The molecule has 1 aromatic carbocycles. The lowest BCUT2D eigenvalue weighted by Gasteiger charge is -2.31. The Hall–Kier alpha value is -1.64. The molecule has 1 aliphatic rings. The molecule has 5 heteroatoms. The molecule has 3 rings (SSSR count). The molecule has 1 saturated carbocycles. The number of methoxy groups -OCH3 is 1. The first-order chi connectivity index (χ1) is 16.3. The number of rotatable bonds is 8. The fourth-order valence-electron chi connectivity index (χ4n) is 5.28. The van der Waals surface area contributed by atoms with Crippen LogP contribution in [0.1, 0.15) is 84.5 Å². The number of pyridine rings is 1. The minimum atomic E-state index is 0.0455. The predicted molar refractivity (Wildman–Crippen MR) is 154 cm³/mol. The van der Waals surface area contributed by atoms with Crippen molar-refractivity contribution >= 4 is 19.6 Å². The second-order valence-electron chi connectivity index (χ2n) is 12.5. The minimum Gasteiger partial charge on any atom is -0.496 e. The fraction of sp³-hybridized carbons (Fsp3) is 0.633. The lowest BCUT2D eigenvalue weighted by molar-refractivity contribution is 0.381. The van der Waals surface area contributed by atoms with E-state index in [0.717, 1.165) is 32.2 Å². The van der Waals surface area contributed by atoms with Crippen molar-refractivity contribution in [3.05, 3.63) is 47.3 Å². The van der Waals surface area contributed by atoms with Gasteiger partial charge in [0.25, 0.3) is 0 Å². The van der Waals surface area contributed by atoms with Gasteiger partial charge in [-0.2, -0.15) is 0 Å². The van der Waals surface area contributed by atoms with E-state index in [0.29, 0.717) is 12.0 Å². The van der Waals surface area contributed by atoms with Crippen LogP contribution in [0, 0.1) is 5.92 Å². The molecule has 0 spiro atoms. The lowest BCUT2D eigenvalue weighted by Crippen LogP contribution is -2.36. The maximum atomic E-state index is 6.00. The number of ether oxygens (including phenoxy) is 1. The van der Waals surface area contributed by atoms with Crippen LogP contribution in [-0.2, 0) is 17.4 Å². The third kappa shape index (κ3) is 6.98. The number of nitrogens with zero attached hydrogens (tertiary/aromatic N) is 2. The summed E-state index contributed by atoms with van der Waals surface area (Å²) in [6, 6.07) is 9.61. The topological polar surface area (TPSA) is 37.4 Å². The van der Waals surface area contributed by atoms with Crippen LogP contribution in [0.15, 0.2) is 30.5 Å². The summed E-state index contributed by atoms with van der Waals surface area (Å²) < 4.78 is 6.00. The number of benzene rings is 1. The third-order valence-electron chi connectivity index (χ3n) is 7.39. The SMILES string of the molecule is COc1c(C(C)(C)C)cc(PC2CCCC2[C@@H](C)NCc2cc(N(C)C)ccn2)cc1C(C)(C)C. The van der Waals surface area contributed by atoms with Gasteiger partial charge in [0, 0.05) is 49.7 Å². The second-order valence-corrected chi connectivity index (χ2v) is 14.1. The van der Waals surface area contributed by atoms with E-state index >= 15 is 0 Å². The first-order valence-electron chi connectivity index (χ1n) is 13.2. The monoisotopic (exact) mass is 497 g/mol. The summed E-state index contributed by atoms with van der Waals surface area (Å²) >= 11 is 0. The Bertz CT molecular complexity index is 955. The molecule has 1 aliphatic carbocycles. The van der Waals surface area contributed by atoms with E-state index in [2.05, 4.69) is 102 Å². The molecular formula is C30H48N3OP. The zero-order valence-electron chi connectivity index (χ0n) is 23.7. The molecule has 0 radical (unpaired) electrons. The van der Waals surface area contributed by atoms with Crippen molar-refractivity contribution in [1.29, 1.82) is 0 Å². The lowest BCUT2D eigenvalue weighted by atomic mass is 9.79. The van der Waals surface area contributed by atoms with Gasteiger partial charge in [0.1, 0.15) is 5.75 Å². The highest BCUT2D eigenvalue weighted by Crippen LogP contribution is 2.44. The summed E-state index contributed by atoms with van der Waals surface area (Å²) in [4.78, 5) is 6.72. The van der Waals surface area contributed by atoms with Crippen molar-refractivity contribution < 1.29 is 4.74 Å². The number of hydrogen-bond donors (Lipinski definition) is 1. The van der Waals surface area contributed by atoms with Crippen molar-refractivity contribution in [2.75, 3.05) is 26.1 Å². The van der Waals surface area contributed by atoms with Crippen molar-refractivity contribution in [3.8, 4) is 5.75 Å². The van der Waals surface area contributed by atoms with Crippen LogP contribution in [-0.4, -0.2) is 37.9 Å². The first kappa shape index (κ1) is 27.9. The summed E-state index contributed by atoms with van der Waals surface area (Å²) in [5, 5.41) is 5.31. The van der Waals surface area contributed by atoms with Crippen molar-refractivity contribution in [2.24, 2.45) is 5.92 Å². The summed E-state index contributed by atoms with van der Waals surface area (Å²) in [5.41, 5.74) is 5.80. The molecule has 1 heterocycles. The highest BCUT2D eigenvalue weighted by molar-refractivity contribution is 7.48. The van der Waals surface area contributed by atoms with Gasteiger partial charge in [-0.1, -0.05) is 56.5 Å². The number of hydrogen-bond acceptors (Lipinski definition) is 4. The van der Waals surface area contributed by atoms with E-state index in [1.807, 2.05) is 13.3 Å². The molecule has 0 bridgehead atoms. The van der Waals surface area contributed by atoms with E-state index in [4.69, 9.17) is 4.74 Å². The van der Waals surface area contributed by atoms with Gasteiger partial charge in [0.15, 0.2) is 0 Å². The Balaban J connectivity index is 1.78. The molecule has 1 N–H and O–H groups in total. The summed E-state index contributed by atoms with van der Waals surface area (Å²) in [6.07, 6.45) is 5.88. The fourth-order valence-corrected chi connectivity index (χ4v) is 7.19. The molecule has 0 amide bonds. The van der Waals surface area contributed by atoms with Gasteiger partial charge in [-0.15, -0.1) is 0 Å². The van der Waals surface area contributed by atoms with Crippen LogP contribution < -0.4 is 20.3 Å². The Morgan fingerprint density at radius 3 is 2.23 bits per heavy atom. The highest BCUT2D eigenvalue weighted by Gasteiger charge is 2.33. The van der Waals surface area contributed by atoms with Gasteiger partial charge >= 0.3 is 0 Å². The molecule has 4 atom stereocenters. The van der Waals surface area contributed by atoms with Crippen LogP contribution in [0.3, 0.4) is 0 Å². The molecule has 3 unspecified atom stereocenters. The van der Waals surface area contributed by atoms with Gasteiger partial charge < -0.3 is 15.0 Å². The summed E-state index contributed by atoms with van der Waals surface area (Å²) in [7, 11) is 6.81. The van der Waals surface area contributed by atoms with Gasteiger partial charge in [0.05, 0.1) is 12.8 Å². The van der Waals surface area contributed by atoms with Crippen LogP contribution in [0.2, 0.25) is 0 Å². The Kier molecular flexibility index (Phi) is 8.92. The molecule has 194 valence electrons. The standard InChI is InChI=1S/C30H48N3OP/c1-20(32-19-21-16-22(33(8)9)14-15-31-21)24-12-11-13-27(24)35-23-17-25(29(2,3)4)28(34-10)26(18-23)30(5,6)7/h14-18,20,24,27,32,35H,11-13,19H2,1-10H3/t20-,24?,27?/m1/s1. The van der Waals surface area contributed by atoms with Gasteiger partial charge in [0.2, 0.25) is 0 Å². The molecule has 1 fully saturated rings. The van der Waals surface area contributed by atoms with Gasteiger partial charge in [-0.3, -0.25) is 4.98 Å². The summed E-state index contributed by atoms with van der Waals surface area (Å²) in [6.45, 7) is 17.0. The van der Waals surface area contributed by atoms with E-state index in [9.17, 15) is 0 Å². The Morgan fingerprint density at radius 2 is 1.69 bits per heavy atom. The van der Waals surface area contributed by atoms with Crippen LogP contribution >= 0.6 is 8.58 Å². The maximum absolute atomic E-state index is 6.00. The average molecular weight is 498 g/mol. The smallest absolute Gasteiger partial charge is 0.126 e. The number of aromatic nitrogens is 1. The second kappa shape index (κ2) is 11.2. The zero-order valence-corrected chi connectivity index (χ0v) is 24.7. The first-order valence-corrected chi connectivity index (χ1v) is 14.2. The molecule has 35 heavy (non-hydrogen) atoms. The van der Waals surface area contributed by atoms with Crippen LogP contribution in [0.5, 0.6) is 5.75 Å². The quantitative estimate of drug-likeness (QED) is 0.428. The Morgan fingerprint density at radius 1 is 1.06 bits per heavy atom. The van der Waals surface area contributed by atoms with Gasteiger partial charge in [-0.25, -0.2) is 0 Å². The number of anilines is 1. The molecule has 1 aromatic heterocycles. The van der Waals surface area contributed by atoms with Crippen LogP contribution in [0.4, 0.5) is 5.69 Å². The number of nitrogens with one attached hydrogen (secondary N) is 1. The normalized spacial score (nSPS) is 19.9. The van der Waals surface area contributed by atoms with Gasteiger partial charge in [-0.05, 0) is 71.7 Å². The molecule has 4 nitrogen and oxygen atoms in total. The van der Waals surface area contributed by atoms with Crippen molar-refractivity contribution in [3.63, 3.8) is 0 Å². The molecule has 0 saturated heterocycles. The minimum absolute atomic E-state index is 0.0455. The van der Waals surface area contributed by atoms with E-state index in [1.54, 1.807) is 0 Å². The van der Waals surface area contributed by atoms with Crippen LogP contribution in [0.25, 0.3) is 0 Å². The van der Waals surface area contributed by atoms with E-state index in [-0.39, 0.29) is 10.8 Å². The molecule has 0 aliphatic heterocycles. The molecule has 2 aromatic rings. The molecular weight excluding hydrogens is 449 g/mol. The Labute approximate surface area is 216 Å². The largest absolute Gasteiger partial charge is 0.496 e. The summed E-state index contributed by atoms with van der Waals surface area (Å²) in [5.74, 6) is 1.77.